The van der Waals surface area contributed by atoms with Gasteiger partial charge in [-0.3, -0.25) is 5.10 Å². The van der Waals surface area contributed by atoms with Gasteiger partial charge in [-0.1, -0.05) is 12.1 Å². The van der Waals surface area contributed by atoms with Gasteiger partial charge in [0.25, 0.3) is 0 Å². The molecule has 0 bridgehead atoms. The van der Waals surface area contributed by atoms with Crippen LogP contribution in [0.2, 0.25) is 0 Å². The molecule has 0 aliphatic carbocycles. The first-order chi connectivity index (χ1) is 10.9. The van der Waals surface area contributed by atoms with Crippen molar-refractivity contribution in [3.8, 4) is 11.4 Å². The number of aromatic amines is 1. The molecule has 3 rings (SSSR count). The van der Waals surface area contributed by atoms with Crippen LogP contribution in [-0.4, -0.2) is 15.2 Å². The van der Waals surface area contributed by atoms with Crippen LogP contribution in [0.5, 0.6) is 0 Å². The number of nitrogens with one attached hydrogen (secondary N) is 1. The highest BCUT2D eigenvalue weighted by Crippen LogP contribution is 2.29. The standard InChI is InChI=1S/C16H13F3N4/c17-16(18,19)12-5-1-10(2-6-12)9-14-21-15(23-22-14)11-3-7-13(20)8-4-11/h1-8H,9,20H2,(H,21,22,23). The summed E-state index contributed by atoms with van der Waals surface area (Å²) in [5.74, 6) is 1.10. The van der Waals surface area contributed by atoms with Gasteiger partial charge in [0.05, 0.1) is 5.56 Å². The fourth-order valence-electron chi connectivity index (χ4n) is 2.14. The second-order valence-electron chi connectivity index (χ2n) is 5.10. The van der Waals surface area contributed by atoms with Crippen molar-refractivity contribution in [3.63, 3.8) is 0 Å². The first-order valence-electron chi connectivity index (χ1n) is 6.85. The smallest absolute Gasteiger partial charge is 0.399 e. The Morgan fingerprint density at radius 3 is 2.22 bits per heavy atom. The maximum atomic E-state index is 12.5. The quantitative estimate of drug-likeness (QED) is 0.724. The minimum atomic E-state index is -4.33. The van der Waals surface area contributed by atoms with E-state index >= 15 is 0 Å². The summed E-state index contributed by atoms with van der Waals surface area (Å²) in [6.45, 7) is 0. The summed E-state index contributed by atoms with van der Waals surface area (Å²) >= 11 is 0. The third kappa shape index (κ3) is 3.50. The van der Waals surface area contributed by atoms with Crippen LogP contribution in [0.25, 0.3) is 11.4 Å². The zero-order valence-electron chi connectivity index (χ0n) is 11.9. The van der Waals surface area contributed by atoms with Crippen LogP contribution in [0.15, 0.2) is 48.5 Å². The van der Waals surface area contributed by atoms with E-state index in [2.05, 4.69) is 15.2 Å². The summed E-state index contributed by atoms with van der Waals surface area (Å²) in [4.78, 5) is 4.35. The monoisotopic (exact) mass is 318 g/mol. The largest absolute Gasteiger partial charge is 0.416 e. The Labute approximate surface area is 130 Å². The molecule has 0 amide bonds. The third-order valence-electron chi connectivity index (χ3n) is 3.35. The number of nitrogens with two attached hydrogens (primary N) is 1. The maximum Gasteiger partial charge on any atom is 0.416 e. The number of nitrogens with zero attached hydrogens (tertiary/aromatic N) is 2. The number of hydrogen-bond donors (Lipinski definition) is 2. The molecule has 0 saturated carbocycles. The number of benzene rings is 2. The molecule has 0 aliphatic heterocycles. The normalized spacial score (nSPS) is 11.6. The van der Waals surface area contributed by atoms with Gasteiger partial charge in [-0.05, 0) is 42.0 Å². The lowest BCUT2D eigenvalue weighted by Crippen LogP contribution is -2.04. The molecule has 0 fully saturated rings. The van der Waals surface area contributed by atoms with Crippen molar-refractivity contribution >= 4 is 5.69 Å². The SMILES string of the molecule is Nc1ccc(-c2n[nH]c(Cc3ccc(C(F)(F)F)cc3)n2)cc1. The van der Waals surface area contributed by atoms with Crippen molar-refractivity contribution in [2.75, 3.05) is 5.73 Å². The molecule has 0 atom stereocenters. The Balaban J connectivity index is 1.75. The lowest BCUT2D eigenvalue weighted by molar-refractivity contribution is -0.137. The molecular formula is C16H13F3N4. The summed E-state index contributed by atoms with van der Waals surface area (Å²) in [6, 6.07) is 12.1. The summed E-state index contributed by atoms with van der Waals surface area (Å²) in [5, 5.41) is 6.91. The number of halogens is 3. The lowest BCUT2D eigenvalue weighted by atomic mass is 10.1. The molecule has 3 N–H and O–H groups in total. The number of nitrogen functional groups attached to an aromatic ring is 1. The van der Waals surface area contributed by atoms with Crippen molar-refractivity contribution in [2.45, 2.75) is 12.6 Å². The van der Waals surface area contributed by atoms with Crippen molar-refractivity contribution < 1.29 is 13.2 Å². The van der Waals surface area contributed by atoms with Gasteiger partial charge in [-0.15, -0.1) is 0 Å². The Hall–Kier alpha value is -2.83. The average molecular weight is 318 g/mol. The number of rotatable bonds is 3. The van der Waals surface area contributed by atoms with Crippen molar-refractivity contribution in [3.05, 3.63) is 65.5 Å². The van der Waals surface area contributed by atoms with E-state index in [1.165, 1.54) is 12.1 Å². The van der Waals surface area contributed by atoms with Gasteiger partial charge in [-0.2, -0.15) is 18.3 Å². The molecule has 23 heavy (non-hydrogen) atoms. The fourth-order valence-corrected chi connectivity index (χ4v) is 2.14. The van der Waals surface area contributed by atoms with E-state index in [0.29, 0.717) is 23.8 Å². The van der Waals surface area contributed by atoms with Crippen molar-refractivity contribution in [2.24, 2.45) is 0 Å². The van der Waals surface area contributed by atoms with Crippen LogP contribution in [0, 0.1) is 0 Å². The molecule has 3 aromatic rings. The van der Waals surface area contributed by atoms with Gasteiger partial charge in [-0.25, -0.2) is 4.98 Å². The maximum absolute atomic E-state index is 12.5. The second kappa shape index (κ2) is 5.75. The molecule has 2 aromatic carbocycles. The molecule has 4 nitrogen and oxygen atoms in total. The van der Waals surface area contributed by atoms with Crippen LogP contribution >= 0.6 is 0 Å². The number of anilines is 1. The number of hydrogen-bond acceptors (Lipinski definition) is 3. The molecule has 7 heteroatoms. The predicted molar refractivity (Wildman–Crippen MR) is 80.5 cm³/mol. The highest BCUT2D eigenvalue weighted by Gasteiger charge is 2.29. The highest BCUT2D eigenvalue weighted by atomic mass is 19.4. The first-order valence-corrected chi connectivity index (χ1v) is 6.85. The molecular weight excluding hydrogens is 305 g/mol. The molecule has 1 aromatic heterocycles. The summed E-state index contributed by atoms with van der Waals surface area (Å²) < 4.78 is 37.6. The zero-order chi connectivity index (χ0) is 16.4. The highest BCUT2D eigenvalue weighted by molar-refractivity contribution is 5.58. The summed E-state index contributed by atoms with van der Waals surface area (Å²) in [6.07, 6.45) is -3.95. The molecule has 118 valence electrons. The van der Waals surface area contributed by atoms with Crippen LogP contribution in [0.3, 0.4) is 0 Å². The van der Waals surface area contributed by atoms with E-state index < -0.39 is 11.7 Å². The van der Waals surface area contributed by atoms with Crippen molar-refractivity contribution in [1.82, 2.24) is 15.2 Å². The van der Waals surface area contributed by atoms with E-state index in [0.717, 1.165) is 23.3 Å². The Morgan fingerprint density at radius 1 is 0.957 bits per heavy atom. The summed E-state index contributed by atoms with van der Waals surface area (Å²) in [7, 11) is 0. The lowest BCUT2D eigenvalue weighted by Gasteiger charge is -2.06. The molecule has 0 aliphatic rings. The second-order valence-corrected chi connectivity index (χ2v) is 5.10. The van der Waals surface area contributed by atoms with Gasteiger partial charge >= 0.3 is 6.18 Å². The van der Waals surface area contributed by atoms with Gasteiger partial charge < -0.3 is 5.73 Å². The van der Waals surface area contributed by atoms with Crippen LogP contribution in [0.1, 0.15) is 17.0 Å². The minimum absolute atomic E-state index is 0.375. The van der Waals surface area contributed by atoms with Crippen LogP contribution in [0.4, 0.5) is 18.9 Å². The number of alkyl halides is 3. The molecule has 0 saturated heterocycles. The zero-order valence-corrected chi connectivity index (χ0v) is 11.9. The molecule has 0 unspecified atom stereocenters. The first kappa shape index (κ1) is 15.1. The van der Waals surface area contributed by atoms with E-state index in [1.54, 1.807) is 24.3 Å². The summed E-state index contributed by atoms with van der Waals surface area (Å²) in [5.41, 5.74) is 7.14. The fraction of sp³-hybridized carbons (Fsp3) is 0.125. The van der Waals surface area contributed by atoms with Gasteiger partial charge in [0.1, 0.15) is 5.82 Å². The van der Waals surface area contributed by atoms with Crippen LogP contribution in [-0.2, 0) is 12.6 Å². The Bertz CT molecular complexity index is 789. The predicted octanol–water partition coefficient (Wildman–Crippen LogP) is 3.66. The van der Waals surface area contributed by atoms with E-state index in [4.69, 9.17) is 5.73 Å². The van der Waals surface area contributed by atoms with E-state index in [1.807, 2.05) is 0 Å². The van der Waals surface area contributed by atoms with Gasteiger partial charge in [0.15, 0.2) is 5.82 Å². The topological polar surface area (TPSA) is 67.6 Å². The average Bonchev–Trinajstić information content (AvgIpc) is 2.96. The van der Waals surface area contributed by atoms with Crippen LogP contribution < -0.4 is 5.73 Å². The molecule has 0 radical (unpaired) electrons. The number of H-pyrrole nitrogens is 1. The van der Waals surface area contributed by atoms with E-state index in [-0.39, 0.29) is 0 Å². The Kier molecular flexibility index (Phi) is 3.77. The molecule has 1 heterocycles. The third-order valence-corrected chi connectivity index (χ3v) is 3.35. The Morgan fingerprint density at radius 2 is 1.61 bits per heavy atom. The van der Waals surface area contributed by atoms with E-state index in [9.17, 15) is 13.2 Å². The van der Waals surface area contributed by atoms with Gasteiger partial charge in [0.2, 0.25) is 0 Å². The number of aromatic nitrogens is 3. The van der Waals surface area contributed by atoms with Crippen molar-refractivity contribution in [1.29, 1.82) is 0 Å². The molecule has 0 spiro atoms. The van der Waals surface area contributed by atoms with Gasteiger partial charge in [0, 0.05) is 17.7 Å². The minimum Gasteiger partial charge on any atom is -0.399 e.